The zero-order valence-electron chi connectivity index (χ0n) is 14.6. The van der Waals surface area contributed by atoms with E-state index in [0.717, 1.165) is 5.82 Å². The second-order valence-corrected chi connectivity index (χ2v) is 6.01. The molecule has 0 aliphatic heterocycles. The Hall–Kier alpha value is -2.80. The zero-order valence-corrected chi connectivity index (χ0v) is 14.6. The second kappa shape index (κ2) is 7.40. The molecule has 132 valence electrons. The molecular formula is C18H22N4O3. The highest BCUT2D eigenvalue weighted by molar-refractivity contribution is 5.80. The first-order chi connectivity index (χ1) is 12.1. The van der Waals surface area contributed by atoms with Crippen molar-refractivity contribution in [2.24, 2.45) is 0 Å². The fraction of sp³-hybridized carbons (Fsp3) is 0.333. The number of methoxy groups -OCH3 is 1. The van der Waals surface area contributed by atoms with Crippen molar-refractivity contribution in [1.82, 2.24) is 14.8 Å². The molecule has 25 heavy (non-hydrogen) atoms. The number of hydrogen-bond acceptors (Lipinski definition) is 5. The number of pyridine rings is 1. The first kappa shape index (κ1) is 17.0. The van der Waals surface area contributed by atoms with Crippen LogP contribution < -0.4 is 15.5 Å². The molecule has 1 aromatic carbocycles. The van der Waals surface area contributed by atoms with Gasteiger partial charge in [0.05, 0.1) is 12.1 Å². The summed E-state index contributed by atoms with van der Waals surface area (Å²) >= 11 is 0. The van der Waals surface area contributed by atoms with Crippen molar-refractivity contribution in [3.63, 3.8) is 0 Å². The number of nitrogens with zero attached hydrogens (tertiary/aromatic N) is 2. The molecule has 0 bridgehead atoms. The molecule has 0 atom stereocenters. The first-order valence-corrected chi connectivity index (χ1v) is 8.18. The predicted molar refractivity (Wildman–Crippen MR) is 97.8 cm³/mol. The summed E-state index contributed by atoms with van der Waals surface area (Å²) in [6.07, 6.45) is 1.81. The third-order valence-electron chi connectivity index (χ3n) is 3.62. The molecule has 3 aromatic rings. The molecule has 7 nitrogen and oxygen atoms in total. The Morgan fingerprint density at radius 2 is 2.08 bits per heavy atom. The van der Waals surface area contributed by atoms with Gasteiger partial charge in [-0.25, -0.2) is 4.68 Å². The van der Waals surface area contributed by atoms with Gasteiger partial charge in [-0.15, -0.1) is 5.10 Å². The van der Waals surface area contributed by atoms with Crippen molar-refractivity contribution in [2.75, 3.05) is 25.6 Å². The summed E-state index contributed by atoms with van der Waals surface area (Å²) in [7, 11) is 1.62. The van der Waals surface area contributed by atoms with Gasteiger partial charge in [0.25, 0.3) is 0 Å². The highest BCUT2D eigenvalue weighted by Gasteiger charge is 2.07. The van der Waals surface area contributed by atoms with Crippen molar-refractivity contribution in [3.05, 3.63) is 46.8 Å². The number of benzene rings is 1. The van der Waals surface area contributed by atoms with Gasteiger partial charge in [0.1, 0.15) is 24.0 Å². The largest absolute Gasteiger partial charge is 0.491 e. The van der Waals surface area contributed by atoms with Crippen LogP contribution in [0.1, 0.15) is 13.8 Å². The van der Waals surface area contributed by atoms with Crippen molar-refractivity contribution in [2.45, 2.75) is 19.9 Å². The molecular weight excluding hydrogens is 320 g/mol. The Kier molecular flexibility index (Phi) is 5.04. The highest BCUT2D eigenvalue weighted by atomic mass is 16.5. The molecule has 2 aromatic heterocycles. The number of anilines is 1. The maximum Gasteiger partial charge on any atom is 0.191 e. The maximum absolute atomic E-state index is 12.4. The minimum Gasteiger partial charge on any atom is -0.491 e. The van der Waals surface area contributed by atoms with E-state index in [1.165, 1.54) is 0 Å². The molecule has 0 saturated carbocycles. The molecule has 0 spiro atoms. The summed E-state index contributed by atoms with van der Waals surface area (Å²) in [4.78, 5) is 15.6. The van der Waals surface area contributed by atoms with Crippen molar-refractivity contribution >= 4 is 16.7 Å². The van der Waals surface area contributed by atoms with E-state index in [1.807, 2.05) is 26.0 Å². The van der Waals surface area contributed by atoms with E-state index >= 15 is 0 Å². The molecule has 2 N–H and O–H groups in total. The molecule has 0 aliphatic rings. The van der Waals surface area contributed by atoms with Crippen molar-refractivity contribution in [3.8, 4) is 11.6 Å². The topological polar surface area (TPSA) is 81.2 Å². The normalized spacial score (nSPS) is 11.2. The third-order valence-corrected chi connectivity index (χ3v) is 3.62. The average molecular weight is 342 g/mol. The van der Waals surface area contributed by atoms with Crippen LogP contribution in [0, 0.1) is 0 Å². The van der Waals surface area contributed by atoms with Crippen LogP contribution in [-0.4, -0.2) is 41.1 Å². The van der Waals surface area contributed by atoms with Gasteiger partial charge in [-0.1, -0.05) is 0 Å². The summed E-state index contributed by atoms with van der Waals surface area (Å²) in [6.45, 7) is 5.05. The summed E-state index contributed by atoms with van der Waals surface area (Å²) in [5.74, 6) is 2.04. The van der Waals surface area contributed by atoms with Crippen LogP contribution in [0.15, 0.2) is 41.3 Å². The number of aromatic nitrogens is 3. The third kappa shape index (κ3) is 4.00. The van der Waals surface area contributed by atoms with Gasteiger partial charge in [0, 0.05) is 42.9 Å². The maximum atomic E-state index is 12.4. The number of hydrogen-bond donors (Lipinski definition) is 2. The molecule has 3 rings (SSSR count). The lowest BCUT2D eigenvalue weighted by molar-refractivity contribution is 0.146. The van der Waals surface area contributed by atoms with Gasteiger partial charge in [-0.3, -0.25) is 4.79 Å². The van der Waals surface area contributed by atoms with Crippen LogP contribution in [-0.2, 0) is 4.74 Å². The lowest BCUT2D eigenvalue weighted by Gasteiger charge is -2.09. The monoisotopic (exact) mass is 342 g/mol. The molecule has 0 aliphatic carbocycles. The van der Waals surface area contributed by atoms with Crippen LogP contribution in [0.3, 0.4) is 0 Å². The molecule has 0 saturated heterocycles. The number of H-pyrrole nitrogens is 1. The minimum atomic E-state index is -0.0685. The Balaban J connectivity index is 1.93. The van der Waals surface area contributed by atoms with E-state index in [1.54, 1.807) is 36.2 Å². The molecule has 0 radical (unpaired) electrons. The first-order valence-electron chi connectivity index (χ1n) is 8.18. The summed E-state index contributed by atoms with van der Waals surface area (Å²) in [5.41, 5.74) is 0.632. The number of fused-ring (bicyclic) bond motifs is 1. The van der Waals surface area contributed by atoms with E-state index < -0.39 is 0 Å². The predicted octanol–water partition coefficient (Wildman–Crippen LogP) is 2.56. The van der Waals surface area contributed by atoms with Crippen LogP contribution in [0.5, 0.6) is 5.75 Å². The van der Waals surface area contributed by atoms with Gasteiger partial charge in [0.15, 0.2) is 5.43 Å². The van der Waals surface area contributed by atoms with Crippen LogP contribution in [0.25, 0.3) is 16.7 Å². The number of rotatable bonds is 7. The Bertz CT molecular complexity index is 914. The van der Waals surface area contributed by atoms with Crippen LogP contribution >= 0.6 is 0 Å². The second-order valence-electron chi connectivity index (χ2n) is 6.01. The zero-order chi connectivity index (χ0) is 17.8. The lowest BCUT2D eigenvalue weighted by Crippen LogP contribution is -2.11. The van der Waals surface area contributed by atoms with E-state index in [2.05, 4.69) is 15.4 Å². The van der Waals surface area contributed by atoms with Crippen LogP contribution in [0.4, 0.5) is 5.82 Å². The number of aromatic amines is 1. The number of nitrogens with one attached hydrogen (secondary N) is 2. The van der Waals surface area contributed by atoms with Crippen LogP contribution in [0.2, 0.25) is 0 Å². The molecule has 0 unspecified atom stereocenters. The smallest absolute Gasteiger partial charge is 0.191 e. The molecule has 7 heteroatoms. The van der Waals surface area contributed by atoms with Crippen molar-refractivity contribution < 1.29 is 9.47 Å². The molecule has 0 fully saturated rings. The summed E-state index contributed by atoms with van der Waals surface area (Å²) < 4.78 is 12.2. The van der Waals surface area contributed by atoms with E-state index in [4.69, 9.17) is 9.47 Å². The fourth-order valence-corrected chi connectivity index (χ4v) is 2.50. The lowest BCUT2D eigenvalue weighted by atomic mass is 10.2. The Morgan fingerprint density at radius 3 is 2.84 bits per heavy atom. The SMILES string of the molecule is COCCOc1ccc2c(=O)cc(-n3ccc(NC(C)C)n3)[nH]c2c1. The van der Waals surface area contributed by atoms with Gasteiger partial charge in [-0.05, 0) is 26.0 Å². The average Bonchev–Trinajstić information content (AvgIpc) is 3.02. The minimum absolute atomic E-state index is 0.0685. The quantitative estimate of drug-likeness (QED) is 0.645. The highest BCUT2D eigenvalue weighted by Crippen LogP contribution is 2.18. The summed E-state index contributed by atoms with van der Waals surface area (Å²) in [6, 6.07) is 9.05. The van der Waals surface area contributed by atoms with Crippen molar-refractivity contribution in [1.29, 1.82) is 0 Å². The standard InChI is InChI=1S/C18H22N4O3/c1-12(2)19-17-6-7-22(21-17)18-11-16(23)14-5-4-13(10-15(14)20-18)25-9-8-24-3/h4-7,10-12H,8-9H2,1-3H3,(H,19,21)(H,20,23). The van der Waals surface area contributed by atoms with Gasteiger partial charge < -0.3 is 19.8 Å². The number of ether oxygens (including phenoxy) is 2. The van der Waals surface area contributed by atoms with Gasteiger partial charge in [0.2, 0.25) is 0 Å². The molecule has 2 heterocycles. The van der Waals surface area contributed by atoms with E-state index in [-0.39, 0.29) is 11.5 Å². The van der Waals surface area contributed by atoms with Gasteiger partial charge in [-0.2, -0.15) is 0 Å². The molecule has 0 amide bonds. The summed E-state index contributed by atoms with van der Waals surface area (Å²) in [5, 5.41) is 8.27. The van der Waals surface area contributed by atoms with Gasteiger partial charge >= 0.3 is 0 Å². The fourth-order valence-electron chi connectivity index (χ4n) is 2.50. The Labute approximate surface area is 145 Å². The Morgan fingerprint density at radius 1 is 1.24 bits per heavy atom. The van der Waals surface area contributed by atoms with E-state index in [0.29, 0.717) is 35.7 Å². The van der Waals surface area contributed by atoms with E-state index in [9.17, 15) is 4.79 Å².